The van der Waals surface area contributed by atoms with Gasteiger partial charge in [-0.25, -0.2) is 0 Å². The highest BCUT2D eigenvalue weighted by Crippen LogP contribution is 2.33. The first-order valence-corrected chi connectivity index (χ1v) is 4.20. The van der Waals surface area contributed by atoms with Crippen LogP contribution in [0.4, 0.5) is 10.7 Å². The number of nitrogens with zero attached hydrogens (tertiary/aromatic N) is 2. The molecule has 1 aromatic heterocycles. The van der Waals surface area contributed by atoms with Crippen molar-refractivity contribution in [1.29, 1.82) is 0 Å². The molecule has 0 atom stereocenters. The van der Waals surface area contributed by atoms with E-state index in [0.717, 1.165) is 16.2 Å². The maximum Gasteiger partial charge on any atom is 0.326 e. The number of thiocarbonyl (C=S) groups is 1. The van der Waals surface area contributed by atoms with E-state index in [1.54, 1.807) is 6.92 Å². The van der Waals surface area contributed by atoms with Gasteiger partial charge in [0, 0.05) is 4.88 Å². The van der Waals surface area contributed by atoms with E-state index in [1.807, 2.05) is 0 Å². The molecule has 1 rings (SSSR count). The molecule has 0 aliphatic heterocycles. The van der Waals surface area contributed by atoms with E-state index in [-0.39, 0.29) is 5.00 Å². The molecule has 1 heterocycles. The summed E-state index contributed by atoms with van der Waals surface area (Å²) in [4.78, 5) is 14.3. The number of hydrogen-bond donors (Lipinski definition) is 0. The van der Waals surface area contributed by atoms with Crippen molar-refractivity contribution in [3.8, 4) is 0 Å². The first-order valence-electron chi connectivity index (χ1n) is 2.98. The van der Waals surface area contributed by atoms with Gasteiger partial charge in [-0.3, -0.25) is 10.1 Å². The van der Waals surface area contributed by atoms with Crippen molar-refractivity contribution >= 4 is 39.4 Å². The standard InChI is InChI=1S/C6H4N2O2S2/c1-4-5(7-3-11)2-6(12-4)8(9)10/h2H,1H3. The second kappa shape index (κ2) is 3.53. The number of hydrogen-bond acceptors (Lipinski definition) is 5. The molecule has 6 heteroatoms. The Morgan fingerprint density at radius 2 is 2.50 bits per heavy atom. The van der Waals surface area contributed by atoms with Crippen LogP contribution in [0.1, 0.15) is 4.88 Å². The van der Waals surface area contributed by atoms with Gasteiger partial charge in [-0.2, -0.15) is 4.99 Å². The van der Waals surface area contributed by atoms with E-state index in [2.05, 4.69) is 22.4 Å². The second-order valence-electron chi connectivity index (χ2n) is 1.99. The smallest absolute Gasteiger partial charge is 0.258 e. The topological polar surface area (TPSA) is 55.5 Å². The Morgan fingerprint density at radius 3 is 2.92 bits per heavy atom. The summed E-state index contributed by atoms with van der Waals surface area (Å²) in [5, 5.41) is 12.5. The lowest BCUT2D eigenvalue weighted by molar-refractivity contribution is -0.380. The fourth-order valence-corrected chi connectivity index (χ4v) is 1.57. The zero-order valence-corrected chi connectivity index (χ0v) is 7.74. The van der Waals surface area contributed by atoms with Crippen molar-refractivity contribution in [2.75, 3.05) is 0 Å². The van der Waals surface area contributed by atoms with Crippen LogP contribution < -0.4 is 0 Å². The molecular weight excluding hydrogens is 196 g/mol. The van der Waals surface area contributed by atoms with Crippen LogP contribution in [0.3, 0.4) is 0 Å². The van der Waals surface area contributed by atoms with Gasteiger partial charge in [0.25, 0.3) is 0 Å². The number of rotatable bonds is 2. The van der Waals surface area contributed by atoms with E-state index < -0.39 is 4.92 Å². The molecule has 0 amide bonds. The highest BCUT2D eigenvalue weighted by atomic mass is 32.1. The van der Waals surface area contributed by atoms with Gasteiger partial charge in [0.05, 0.1) is 21.8 Å². The molecule has 4 nitrogen and oxygen atoms in total. The minimum Gasteiger partial charge on any atom is -0.258 e. The van der Waals surface area contributed by atoms with Crippen LogP contribution in [0, 0.1) is 17.0 Å². The second-order valence-corrected chi connectivity index (χ2v) is 3.40. The molecule has 0 spiro atoms. The fourth-order valence-electron chi connectivity index (χ4n) is 0.707. The lowest BCUT2D eigenvalue weighted by Gasteiger charge is -1.80. The average molecular weight is 200 g/mol. The molecular formula is C6H4N2O2S2. The van der Waals surface area contributed by atoms with Crippen molar-refractivity contribution < 1.29 is 4.92 Å². The Labute approximate surface area is 77.7 Å². The Morgan fingerprint density at radius 1 is 1.83 bits per heavy atom. The number of isothiocyanates is 1. The number of thiophene rings is 1. The number of aryl methyl sites for hydroxylation is 1. The van der Waals surface area contributed by atoms with Gasteiger partial charge < -0.3 is 0 Å². The van der Waals surface area contributed by atoms with Crippen LogP contribution in [-0.4, -0.2) is 10.1 Å². The quantitative estimate of drug-likeness (QED) is 0.319. The van der Waals surface area contributed by atoms with Crippen molar-refractivity contribution in [1.82, 2.24) is 0 Å². The summed E-state index contributed by atoms with van der Waals surface area (Å²) in [5.74, 6) is 0. The molecule has 0 saturated heterocycles. The van der Waals surface area contributed by atoms with Crippen molar-refractivity contribution in [2.45, 2.75) is 6.92 Å². The monoisotopic (exact) mass is 200 g/mol. The Kier molecular flexibility index (Phi) is 2.65. The Bertz CT molecular complexity index is 366. The summed E-state index contributed by atoms with van der Waals surface area (Å²) in [5.41, 5.74) is 0.529. The van der Waals surface area contributed by atoms with Crippen LogP contribution in [0.25, 0.3) is 0 Å². The molecule has 0 radical (unpaired) electrons. The molecule has 0 fully saturated rings. The third kappa shape index (κ3) is 1.73. The lowest BCUT2D eigenvalue weighted by Crippen LogP contribution is -1.80. The van der Waals surface area contributed by atoms with Gasteiger partial charge in [-0.1, -0.05) is 11.3 Å². The molecule has 0 aromatic carbocycles. The van der Waals surface area contributed by atoms with E-state index >= 15 is 0 Å². The largest absolute Gasteiger partial charge is 0.326 e. The first-order chi connectivity index (χ1) is 5.65. The Balaban J connectivity index is 3.16. The molecule has 12 heavy (non-hydrogen) atoms. The minimum atomic E-state index is -0.444. The molecule has 0 bridgehead atoms. The SMILES string of the molecule is Cc1sc([N+](=O)[O-])cc1N=C=S. The number of nitro groups is 1. The fraction of sp³-hybridized carbons (Fsp3) is 0.167. The Hall–Kier alpha value is -1.10. The number of aliphatic imine (C=N–C) groups is 1. The van der Waals surface area contributed by atoms with Gasteiger partial charge in [0.1, 0.15) is 0 Å². The van der Waals surface area contributed by atoms with Gasteiger partial charge in [0.2, 0.25) is 0 Å². The van der Waals surface area contributed by atoms with Crippen LogP contribution in [0.15, 0.2) is 11.1 Å². The van der Waals surface area contributed by atoms with E-state index in [1.165, 1.54) is 6.07 Å². The zero-order valence-electron chi connectivity index (χ0n) is 6.10. The van der Waals surface area contributed by atoms with E-state index in [9.17, 15) is 10.1 Å². The molecule has 0 saturated carbocycles. The van der Waals surface area contributed by atoms with Crippen LogP contribution in [0.2, 0.25) is 0 Å². The summed E-state index contributed by atoms with van der Waals surface area (Å²) < 4.78 is 0. The van der Waals surface area contributed by atoms with Crippen LogP contribution >= 0.6 is 23.6 Å². The molecule has 0 N–H and O–H groups in total. The zero-order chi connectivity index (χ0) is 9.14. The minimum absolute atomic E-state index is 0.0801. The summed E-state index contributed by atoms with van der Waals surface area (Å²) in [6.45, 7) is 1.75. The van der Waals surface area contributed by atoms with Gasteiger partial charge in [-0.05, 0) is 19.1 Å². The molecule has 0 aliphatic rings. The summed E-state index contributed by atoms with van der Waals surface area (Å²) in [7, 11) is 0. The van der Waals surface area contributed by atoms with Crippen LogP contribution in [0.5, 0.6) is 0 Å². The summed E-state index contributed by atoms with van der Waals surface area (Å²) >= 11 is 5.47. The molecule has 0 unspecified atom stereocenters. The highest BCUT2D eigenvalue weighted by molar-refractivity contribution is 7.78. The van der Waals surface area contributed by atoms with Crippen molar-refractivity contribution in [3.05, 3.63) is 21.1 Å². The average Bonchev–Trinajstić information content (AvgIpc) is 2.34. The van der Waals surface area contributed by atoms with Crippen molar-refractivity contribution in [3.63, 3.8) is 0 Å². The third-order valence-electron chi connectivity index (χ3n) is 1.22. The first kappa shape index (κ1) is 8.99. The highest BCUT2D eigenvalue weighted by Gasteiger charge is 2.12. The van der Waals surface area contributed by atoms with Gasteiger partial charge in [0.15, 0.2) is 0 Å². The molecule has 62 valence electrons. The summed E-state index contributed by atoms with van der Waals surface area (Å²) in [6, 6.07) is 1.39. The maximum absolute atomic E-state index is 10.3. The lowest BCUT2D eigenvalue weighted by atomic mass is 10.4. The maximum atomic E-state index is 10.3. The van der Waals surface area contributed by atoms with Gasteiger partial charge >= 0.3 is 5.00 Å². The third-order valence-corrected chi connectivity index (χ3v) is 2.31. The molecule has 0 aliphatic carbocycles. The predicted octanol–water partition coefficient (Wildman–Crippen LogP) is 2.70. The normalized spacial score (nSPS) is 9.08. The van der Waals surface area contributed by atoms with Crippen LogP contribution in [-0.2, 0) is 0 Å². The molecule has 1 aromatic rings. The van der Waals surface area contributed by atoms with Crippen molar-refractivity contribution in [2.24, 2.45) is 4.99 Å². The van der Waals surface area contributed by atoms with E-state index in [0.29, 0.717) is 5.69 Å². The van der Waals surface area contributed by atoms with E-state index in [4.69, 9.17) is 0 Å². The predicted molar refractivity (Wildman–Crippen MR) is 50.4 cm³/mol. The summed E-state index contributed by atoms with van der Waals surface area (Å²) in [6.07, 6.45) is 0. The van der Waals surface area contributed by atoms with Gasteiger partial charge in [-0.15, -0.1) is 0 Å².